The summed E-state index contributed by atoms with van der Waals surface area (Å²) >= 11 is 0. The SMILES string of the molecule is C[C@H]1CC[C@@]2(NC1)O[C@H]1C[C@H]3[C@@H]4CC=C5C[C@@H](O)CC[C@]5(C)[C@H]4CC[C@]3(C)[C@H]1[C@H]2C. The van der Waals surface area contributed by atoms with Crippen molar-refractivity contribution in [1.82, 2.24) is 5.32 Å². The van der Waals surface area contributed by atoms with Crippen LogP contribution in [0.1, 0.15) is 85.5 Å². The van der Waals surface area contributed by atoms with Crippen molar-refractivity contribution in [2.24, 2.45) is 46.3 Å². The average Bonchev–Trinajstić information content (AvgIpc) is 3.16. The summed E-state index contributed by atoms with van der Waals surface area (Å²) in [7, 11) is 0. The maximum Gasteiger partial charge on any atom is 0.122 e. The maximum absolute atomic E-state index is 10.3. The molecule has 0 aromatic heterocycles. The van der Waals surface area contributed by atoms with E-state index in [1.165, 1.54) is 44.9 Å². The molecule has 0 amide bonds. The average molecular weight is 414 g/mol. The highest BCUT2D eigenvalue weighted by atomic mass is 16.5. The van der Waals surface area contributed by atoms with E-state index in [1.807, 2.05) is 0 Å². The second kappa shape index (κ2) is 6.58. The first kappa shape index (κ1) is 20.2. The molecule has 4 aliphatic carbocycles. The van der Waals surface area contributed by atoms with Crippen molar-refractivity contribution < 1.29 is 9.84 Å². The molecular formula is C27H43NO2. The normalized spacial score (nSPS) is 59.8. The number of allylic oxidation sites excluding steroid dienone is 1. The van der Waals surface area contributed by atoms with Crippen LogP contribution in [0.25, 0.3) is 0 Å². The van der Waals surface area contributed by atoms with Gasteiger partial charge in [0.05, 0.1) is 12.2 Å². The van der Waals surface area contributed by atoms with Gasteiger partial charge in [-0.2, -0.15) is 0 Å². The molecule has 30 heavy (non-hydrogen) atoms. The van der Waals surface area contributed by atoms with E-state index in [1.54, 1.807) is 5.57 Å². The summed E-state index contributed by atoms with van der Waals surface area (Å²) in [6.45, 7) is 11.2. The minimum absolute atomic E-state index is 0.0439. The molecule has 11 atom stereocenters. The highest BCUT2D eigenvalue weighted by Crippen LogP contribution is 2.70. The Bertz CT molecular complexity index is 739. The van der Waals surface area contributed by atoms with Crippen molar-refractivity contribution in [3.63, 3.8) is 0 Å². The fraction of sp³-hybridized carbons (Fsp3) is 0.926. The Balaban J connectivity index is 1.28. The van der Waals surface area contributed by atoms with E-state index >= 15 is 0 Å². The Kier molecular flexibility index (Phi) is 4.44. The molecule has 0 aromatic rings. The van der Waals surface area contributed by atoms with Crippen LogP contribution < -0.4 is 5.32 Å². The second-order valence-corrected chi connectivity index (χ2v) is 12.8. The first-order valence-corrected chi connectivity index (χ1v) is 13.1. The fourth-order valence-corrected chi connectivity index (χ4v) is 9.84. The van der Waals surface area contributed by atoms with E-state index in [0.29, 0.717) is 22.9 Å². The number of piperidine rings is 1. The summed E-state index contributed by atoms with van der Waals surface area (Å²) < 4.78 is 7.00. The van der Waals surface area contributed by atoms with Crippen molar-refractivity contribution in [2.75, 3.05) is 6.54 Å². The lowest BCUT2D eigenvalue weighted by Gasteiger charge is -2.58. The van der Waals surface area contributed by atoms with E-state index < -0.39 is 0 Å². The van der Waals surface area contributed by atoms with E-state index in [4.69, 9.17) is 4.74 Å². The summed E-state index contributed by atoms with van der Waals surface area (Å²) in [6.07, 6.45) is 13.8. The largest absolute Gasteiger partial charge is 0.393 e. The minimum atomic E-state index is -0.100. The fourth-order valence-electron chi connectivity index (χ4n) is 9.84. The van der Waals surface area contributed by atoms with E-state index in [9.17, 15) is 5.11 Å². The van der Waals surface area contributed by atoms with Crippen molar-refractivity contribution in [2.45, 2.75) is 103 Å². The van der Waals surface area contributed by atoms with Crippen molar-refractivity contribution in [1.29, 1.82) is 0 Å². The summed E-state index contributed by atoms with van der Waals surface area (Å²) in [5.41, 5.74) is 2.33. The van der Waals surface area contributed by atoms with Crippen molar-refractivity contribution >= 4 is 0 Å². The van der Waals surface area contributed by atoms with E-state index in [2.05, 4.69) is 39.1 Å². The van der Waals surface area contributed by atoms with Crippen LogP contribution in [0.2, 0.25) is 0 Å². The number of hydrogen-bond acceptors (Lipinski definition) is 3. The molecular weight excluding hydrogens is 370 g/mol. The highest BCUT2D eigenvalue weighted by molar-refractivity contribution is 5.26. The molecule has 0 aromatic carbocycles. The van der Waals surface area contributed by atoms with Gasteiger partial charge in [-0.15, -0.1) is 0 Å². The van der Waals surface area contributed by atoms with E-state index in [-0.39, 0.29) is 11.8 Å². The van der Waals surface area contributed by atoms with Gasteiger partial charge in [0.2, 0.25) is 0 Å². The zero-order valence-electron chi connectivity index (χ0n) is 19.6. The summed E-state index contributed by atoms with van der Waals surface area (Å²) in [5.74, 6) is 4.58. The molecule has 3 saturated carbocycles. The molecule has 2 saturated heterocycles. The third kappa shape index (κ3) is 2.55. The Morgan fingerprint density at radius 2 is 1.90 bits per heavy atom. The van der Waals surface area contributed by atoms with Crippen LogP contribution in [0, 0.1) is 46.3 Å². The maximum atomic E-state index is 10.3. The van der Waals surface area contributed by atoms with Gasteiger partial charge < -0.3 is 9.84 Å². The quantitative estimate of drug-likeness (QED) is 0.530. The van der Waals surface area contributed by atoms with Gasteiger partial charge in [-0.05, 0) is 98.2 Å². The van der Waals surface area contributed by atoms with Gasteiger partial charge in [0.1, 0.15) is 5.72 Å². The van der Waals surface area contributed by atoms with Gasteiger partial charge in [-0.1, -0.05) is 39.3 Å². The number of fused-ring (bicyclic) bond motifs is 7. The molecule has 1 spiro atoms. The number of aliphatic hydroxyl groups excluding tert-OH is 1. The lowest BCUT2D eigenvalue weighted by Crippen LogP contribution is -2.57. The van der Waals surface area contributed by atoms with Crippen LogP contribution in [0.5, 0.6) is 0 Å². The monoisotopic (exact) mass is 413 g/mol. The Labute approximate surface area is 183 Å². The van der Waals surface area contributed by atoms with Crippen LogP contribution in [0.4, 0.5) is 0 Å². The van der Waals surface area contributed by atoms with Gasteiger partial charge >= 0.3 is 0 Å². The molecule has 2 heterocycles. The number of rotatable bonds is 0. The number of nitrogens with one attached hydrogen (secondary N) is 1. The van der Waals surface area contributed by atoms with Crippen molar-refractivity contribution in [3.8, 4) is 0 Å². The number of ether oxygens (including phenoxy) is 1. The smallest absolute Gasteiger partial charge is 0.122 e. The molecule has 3 nitrogen and oxygen atoms in total. The van der Waals surface area contributed by atoms with Crippen LogP contribution >= 0.6 is 0 Å². The van der Waals surface area contributed by atoms with Gasteiger partial charge in [0, 0.05) is 12.5 Å². The first-order valence-electron chi connectivity index (χ1n) is 13.1. The van der Waals surface area contributed by atoms with Gasteiger partial charge in [0.25, 0.3) is 0 Å². The molecule has 0 bridgehead atoms. The van der Waals surface area contributed by atoms with Crippen LogP contribution in [0.3, 0.4) is 0 Å². The molecule has 6 rings (SSSR count). The number of aliphatic hydroxyl groups is 1. The second-order valence-electron chi connectivity index (χ2n) is 12.8. The van der Waals surface area contributed by atoms with Crippen LogP contribution in [-0.4, -0.2) is 29.6 Å². The summed E-state index contributed by atoms with van der Waals surface area (Å²) in [5, 5.41) is 14.1. The molecule has 3 heteroatoms. The molecule has 2 N–H and O–H groups in total. The molecule has 0 radical (unpaired) electrons. The lowest BCUT2D eigenvalue weighted by molar-refractivity contribution is -0.115. The zero-order chi connectivity index (χ0) is 20.9. The van der Waals surface area contributed by atoms with Crippen LogP contribution in [0.15, 0.2) is 11.6 Å². The van der Waals surface area contributed by atoms with Crippen molar-refractivity contribution in [3.05, 3.63) is 11.6 Å². The summed E-state index contributed by atoms with van der Waals surface area (Å²) in [4.78, 5) is 0. The first-order chi connectivity index (χ1) is 14.3. The molecule has 168 valence electrons. The minimum Gasteiger partial charge on any atom is -0.393 e. The molecule has 5 fully saturated rings. The van der Waals surface area contributed by atoms with Gasteiger partial charge in [-0.3, -0.25) is 5.32 Å². The molecule has 0 unspecified atom stereocenters. The third-order valence-electron chi connectivity index (χ3n) is 11.6. The highest BCUT2D eigenvalue weighted by Gasteiger charge is 2.68. The summed E-state index contributed by atoms with van der Waals surface area (Å²) in [6, 6.07) is 0. The Morgan fingerprint density at radius 1 is 1.07 bits per heavy atom. The number of hydrogen-bond donors (Lipinski definition) is 2. The zero-order valence-corrected chi connectivity index (χ0v) is 19.6. The predicted octanol–water partition coefficient (Wildman–Crippen LogP) is 5.29. The van der Waals surface area contributed by atoms with Crippen LogP contribution in [-0.2, 0) is 4.74 Å². The molecule has 6 aliphatic rings. The Morgan fingerprint density at radius 3 is 2.67 bits per heavy atom. The van der Waals surface area contributed by atoms with E-state index in [0.717, 1.165) is 49.0 Å². The third-order valence-corrected chi connectivity index (χ3v) is 11.6. The topological polar surface area (TPSA) is 41.5 Å². The standard InChI is InChI=1S/C27H43NO2/c1-16-7-12-27(28-15-16)17(2)24-23(30-27)14-22-20-6-5-18-13-19(29)8-10-25(18,3)21(20)9-11-26(22,24)4/h5,16-17,19-24,28-29H,6-15H2,1-4H3/t16-,17+,19-,20+,21-,22-,23-,24-,25-,26-,27+/m0/s1. The van der Waals surface area contributed by atoms with Gasteiger partial charge in [-0.25, -0.2) is 0 Å². The lowest BCUT2D eigenvalue weighted by atomic mass is 9.47. The predicted molar refractivity (Wildman–Crippen MR) is 120 cm³/mol. The molecule has 2 aliphatic heterocycles. The van der Waals surface area contributed by atoms with Gasteiger partial charge in [0.15, 0.2) is 0 Å². The Hall–Kier alpha value is -0.380.